The van der Waals surface area contributed by atoms with Crippen LogP contribution in [-0.2, 0) is 20.4 Å². The van der Waals surface area contributed by atoms with Gasteiger partial charge in [-0.05, 0) is 84.1 Å². The summed E-state index contributed by atoms with van der Waals surface area (Å²) in [5.74, 6) is 3.05. The van der Waals surface area contributed by atoms with Crippen molar-refractivity contribution in [1.29, 1.82) is 0 Å². The number of benzene rings is 6. The van der Waals surface area contributed by atoms with Gasteiger partial charge in [-0.1, -0.05) is 121 Å². The molecular formula is C40H38Cl2O4P2Pd. The van der Waals surface area contributed by atoms with Crippen molar-refractivity contribution in [2.24, 2.45) is 0 Å². The molecule has 0 saturated heterocycles. The monoisotopic (exact) mass is 820 g/mol. The van der Waals surface area contributed by atoms with Gasteiger partial charge in [-0.25, -0.2) is 0 Å². The van der Waals surface area contributed by atoms with Gasteiger partial charge in [0.25, 0.3) is 0 Å². The molecule has 0 amide bonds. The van der Waals surface area contributed by atoms with Gasteiger partial charge in [0.15, 0.2) is 23.0 Å². The summed E-state index contributed by atoms with van der Waals surface area (Å²) in [6.45, 7) is 0. The van der Waals surface area contributed by atoms with Crippen molar-refractivity contribution in [3.8, 4) is 23.0 Å². The first-order valence-electron chi connectivity index (χ1n) is 14.9. The molecular weight excluding hydrogens is 784 g/mol. The Morgan fingerprint density at radius 1 is 0.306 bits per heavy atom. The quantitative estimate of drug-likeness (QED) is 0.153. The molecule has 4 nitrogen and oxygen atoms in total. The smallest absolute Gasteiger partial charge is 1.00 e. The second-order valence-electron chi connectivity index (χ2n) is 10.1. The number of hydrogen-bond donors (Lipinski definition) is 0. The fourth-order valence-corrected chi connectivity index (χ4v) is 9.74. The van der Waals surface area contributed by atoms with Gasteiger partial charge in [-0.2, -0.15) is 0 Å². The van der Waals surface area contributed by atoms with Gasteiger partial charge in [0.1, 0.15) is 0 Å². The van der Waals surface area contributed by atoms with Crippen LogP contribution in [0.3, 0.4) is 0 Å². The molecule has 0 radical (unpaired) electrons. The third-order valence-corrected chi connectivity index (χ3v) is 12.2. The van der Waals surface area contributed by atoms with Crippen molar-refractivity contribution in [3.05, 3.63) is 158 Å². The summed E-state index contributed by atoms with van der Waals surface area (Å²) in [5.41, 5.74) is 0. The molecule has 0 atom stereocenters. The second-order valence-corrected chi connectivity index (χ2v) is 14.5. The molecule has 0 aliphatic carbocycles. The van der Waals surface area contributed by atoms with Crippen LogP contribution in [-0.4, -0.2) is 28.4 Å². The standard InChI is InChI=1S/2C20H19O2P.2ClH.Pd/c2*1-21-19-14-13-18(15-20(19)22-2)23(16-9-5-3-6-10-16)17-11-7-4-8-12-17;;;/h2*3-15H,1-2H3;2*1H;/q;;;;+2/p-2. The van der Waals surface area contributed by atoms with Crippen molar-refractivity contribution in [3.63, 3.8) is 0 Å². The minimum atomic E-state index is -0.621. The van der Waals surface area contributed by atoms with Crippen LogP contribution in [0.15, 0.2) is 158 Å². The predicted octanol–water partition coefficient (Wildman–Crippen LogP) is 0.930. The van der Waals surface area contributed by atoms with E-state index in [0.717, 1.165) is 23.0 Å². The van der Waals surface area contributed by atoms with Crippen molar-refractivity contribution in [2.75, 3.05) is 28.4 Å². The number of hydrogen-bond acceptors (Lipinski definition) is 4. The first-order chi connectivity index (χ1) is 22.7. The molecule has 0 aromatic heterocycles. The Labute approximate surface area is 319 Å². The van der Waals surface area contributed by atoms with Crippen LogP contribution in [0.4, 0.5) is 0 Å². The summed E-state index contributed by atoms with van der Waals surface area (Å²) in [6.07, 6.45) is 0. The molecule has 6 aromatic carbocycles. The zero-order valence-electron chi connectivity index (χ0n) is 27.6. The molecule has 0 fully saturated rings. The van der Waals surface area contributed by atoms with Crippen molar-refractivity contribution < 1.29 is 64.2 Å². The van der Waals surface area contributed by atoms with E-state index in [1.807, 2.05) is 12.1 Å². The van der Waals surface area contributed by atoms with Crippen LogP contribution in [0, 0.1) is 0 Å². The Balaban J connectivity index is 0.000000321. The van der Waals surface area contributed by atoms with E-state index in [1.165, 1.54) is 31.8 Å². The largest absolute Gasteiger partial charge is 2.00 e. The summed E-state index contributed by atoms with van der Waals surface area (Å²) < 4.78 is 21.7. The number of methoxy groups -OCH3 is 4. The average Bonchev–Trinajstić information content (AvgIpc) is 3.14. The second kappa shape index (κ2) is 21.7. The SMILES string of the molecule is COc1ccc(P(c2ccccc2)c2ccccc2)cc1OC.COc1ccc(P(c2ccccc2)c2ccccc2)cc1OC.[Cl-].[Cl-].[Pd+2]. The van der Waals surface area contributed by atoms with E-state index >= 15 is 0 Å². The minimum absolute atomic E-state index is 0. The van der Waals surface area contributed by atoms with E-state index in [1.54, 1.807) is 28.4 Å². The Kier molecular flexibility index (Phi) is 18.5. The van der Waals surface area contributed by atoms with Crippen LogP contribution in [0.25, 0.3) is 0 Å². The number of halogens is 2. The molecule has 0 heterocycles. The van der Waals surface area contributed by atoms with E-state index in [2.05, 4.69) is 146 Å². The zero-order chi connectivity index (χ0) is 32.1. The molecule has 0 bridgehead atoms. The summed E-state index contributed by atoms with van der Waals surface area (Å²) in [5, 5.41) is 7.77. The molecule has 256 valence electrons. The van der Waals surface area contributed by atoms with E-state index in [-0.39, 0.29) is 45.2 Å². The Morgan fingerprint density at radius 2 is 0.551 bits per heavy atom. The Hall–Kier alpha value is -3.38. The van der Waals surface area contributed by atoms with Gasteiger partial charge >= 0.3 is 20.4 Å². The fraction of sp³-hybridized carbons (Fsp3) is 0.100. The topological polar surface area (TPSA) is 36.9 Å². The first-order valence-corrected chi connectivity index (χ1v) is 17.6. The Bertz CT molecular complexity index is 1590. The third-order valence-electron chi connectivity index (χ3n) is 7.31. The molecule has 0 unspecified atom stereocenters. The molecule has 6 aromatic rings. The maximum atomic E-state index is 5.48. The van der Waals surface area contributed by atoms with Crippen molar-refractivity contribution in [1.82, 2.24) is 0 Å². The van der Waals surface area contributed by atoms with Gasteiger partial charge in [-0.15, -0.1) is 0 Å². The summed E-state index contributed by atoms with van der Waals surface area (Å²) in [6, 6.07) is 54.9. The number of rotatable bonds is 10. The average molecular weight is 822 g/mol. The maximum absolute atomic E-state index is 5.48. The molecule has 6 rings (SSSR count). The molecule has 0 saturated carbocycles. The normalized spacial score (nSPS) is 9.92. The van der Waals surface area contributed by atoms with Crippen LogP contribution < -0.4 is 75.6 Å². The molecule has 49 heavy (non-hydrogen) atoms. The van der Waals surface area contributed by atoms with Crippen LogP contribution in [0.1, 0.15) is 0 Å². The van der Waals surface area contributed by atoms with Crippen molar-refractivity contribution in [2.45, 2.75) is 0 Å². The van der Waals surface area contributed by atoms with E-state index in [9.17, 15) is 0 Å². The summed E-state index contributed by atoms with van der Waals surface area (Å²) in [7, 11) is 5.43. The molecule has 9 heteroatoms. The van der Waals surface area contributed by atoms with E-state index in [0.29, 0.717) is 0 Å². The van der Waals surface area contributed by atoms with Crippen LogP contribution in [0.5, 0.6) is 23.0 Å². The maximum Gasteiger partial charge on any atom is 2.00 e. The zero-order valence-corrected chi connectivity index (χ0v) is 32.5. The third kappa shape index (κ3) is 10.8. The Morgan fingerprint density at radius 3 is 0.776 bits per heavy atom. The van der Waals surface area contributed by atoms with Gasteiger partial charge in [0.05, 0.1) is 28.4 Å². The number of ether oxygens (including phenoxy) is 4. The van der Waals surface area contributed by atoms with Crippen LogP contribution >= 0.6 is 15.8 Å². The van der Waals surface area contributed by atoms with Gasteiger partial charge in [0.2, 0.25) is 0 Å². The molecule has 0 N–H and O–H groups in total. The predicted molar refractivity (Wildman–Crippen MR) is 197 cm³/mol. The van der Waals surface area contributed by atoms with E-state index in [4.69, 9.17) is 18.9 Å². The van der Waals surface area contributed by atoms with E-state index < -0.39 is 15.8 Å². The van der Waals surface area contributed by atoms with Gasteiger partial charge in [-0.3, -0.25) is 0 Å². The van der Waals surface area contributed by atoms with Gasteiger partial charge < -0.3 is 43.8 Å². The van der Waals surface area contributed by atoms with Crippen molar-refractivity contribution >= 4 is 47.7 Å². The van der Waals surface area contributed by atoms with Gasteiger partial charge in [0, 0.05) is 0 Å². The summed E-state index contributed by atoms with van der Waals surface area (Å²) >= 11 is 0. The summed E-state index contributed by atoms with van der Waals surface area (Å²) in [4.78, 5) is 0. The molecule has 0 aliphatic heterocycles. The molecule has 0 aliphatic rings. The fourth-order valence-electron chi connectivity index (χ4n) is 5.13. The first kappa shape index (κ1) is 41.8. The minimum Gasteiger partial charge on any atom is -1.00 e. The molecule has 0 spiro atoms. The van der Waals surface area contributed by atoms with Crippen LogP contribution in [0.2, 0.25) is 0 Å².